The van der Waals surface area contributed by atoms with Crippen molar-refractivity contribution in [2.45, 2.75) is 45.7 Å². The molecule has 1 atom stereocenters. The molecule has 1 aliphatic heterocycles. The molecule has 1 aromatic carbocycles. The molecule has 5 heteroatoms. The van der Waals surface area contributed by atoms with Crippen molar-refractivity contribution in [3.05, 3.63) is 35.4 Å². The third-order valence-corrected chi connectivity index (χ3v) is 4.61. The van der Waals surface area contributed by atoms with Crippen LogP contribution < -0.4 is 5.32 Å². The summed E-state index contributed by atoms with van der Waals surface area (Å²) in [6.07, 6.45) is 3.38. The maximum Gasteiger partial charge on any atom is 0.237 e. The van der Waals surface area contributed by atoms with E-state index in [4.69, 9.17) is 0 Å². The predicted octanol–water partition coefficient (Wildman–Crippen LogP) is 2.84. The number of nitrogens with zero attached hydrogens (tertiary/aromatic N) is 2. The molecule has 0 spiro atoms. The first-order chi connectivity index (χ1) is 11.1. The van der Waals surface area contributed by atoms with Crippen LogP contribution >= 0.6 is 12.4 Å². The number of halogens is 1. The second kappa shape index (κ2) is 10.7. The van der Waals surface area contributed by atoms with Crippen LogP contribution in [0.4, 0.5) is 0 Å². The van der Waals surface area contributed by atoms with Gasteiger partial charge in [0.05, 0.1) is 6.54 Å². The Balaban J connectivity index is 0.00000288. The van der Waals surface area contributed by atoms with E-state index in [-0.39, 0.29) is 18.3 Å². The molecule has 1 amide bonds. The molecule has 0 radical (unpaired) electrons. The summed E-state index contributed by atoms with van der Waals surface area (Å²) in [6.45, 7) is 8.33. The Morgan fingerprint density at radius 1 is 1.33 bits per heavy atom. The molecular weight excluding hydrogens is 322 g/mol. The normalized spacial score (nSPS) is 18.0. The van der Waals surface area contributed by atoms with Gasteiger partial charge in [0.25, 0.3) is 0 Å². The average molecular weight is 354 g/mol. The van der Waals surface area contributed by atoms with E-state index in [1.54, 1.807) is 0 Å². The largest absolute Gasteiger partial charge is 0.337 e. The molecule has 0 aliphatic carbocycles. The molecule has 2 rings (SSSR count). The van der Waals surface area contributed by atoms with E-state index >= 15 is 0 Å². The van der Waals surface area contributed by atoms with Crippen molar-refractivity contribution in [3.63, 3.8) is 0 Å². The molecule has 1 heterocycles. The molecule has 1 fully saturated rings. The third-order valence-electron chi connectivity index (χ3n) is 4.61. The highest BCUT2D eigenvalue weighted by Gasteiger charge is 2.22. The number of piperidine rings is 1. The van der Waals surface area contributed by atoms with Crippen molar-refractivity contribution >= 4 is 18.3 Å². The van der Waals surface area contributed by atoms with Gasteiger partial charge in [-0.3, -0.25) is 9.69 Å². The zero-order valence-electron chi connectivity index (χ0n) is 15.3. The monoisotopic (exact) mass is 353 g/mol. The minimum absolute atomic E-state index is 0. The van der Waals surface area contributed by atoms with Crippen LogP contribution in [0.5, 0.6) is 0 Å². The number of benzene rings is 1. The lowest BCUT2D eigenvalue weighted by Gasteiger charge is -2.33. The smallest absolute Gasteiger partial charge is 0.237 e. The fraction of sp³-hybridized carbons (Fsp3) is 0.632. The van der Waals surface area contributed by atoms with Crippen molar-refractivity contribution in [1.82, 2.24) is 15.1 Å². The number of nitrogens with one attached hydrogen (secondary N) is 1. The Kier molecular flexibility index (Phi) is 9.34. The van der Waals surface area contributed by atoms with Crippen molar-refractivity contribution in [1.29, 1.82) is 0 Å². The second-order valence-electron chi connectivity index (χ2n) is 6.66. The topological polar surface area (TPSA) is 35.6 Å². The zero-order chi connectivity index (χ0) is 16.7. The number of likely N-dealkylation sites (tertiary alicyclic amines) is 1. The molecule has 1 unspecified atom stereocenters. The molecule has 1 saturated heterocycles. The van der Waals surface area contributed by atoms with Crippen molar-refractivity contribution < 1.29 is 4.79 Å². The Bertz CT molecular complexity index is 492. The molecular formula is C19H32ClN3O. The van der Waals surface area contributed by atoms with Crippen LogP contribution in [0.15, 0.2) is 24.3 Å². The highest BCUT2D eigenvalue weighted by Crippen LogP contribution is 2.12. The minimum Gasteiger partial charge on any atom is -0.337 e. The Morgan fingerprint density at radius 3 is 2.67 bits per heavy atom. The fourth-order valence-corrected chi connectivity index (χ4v) is 3.20. The predicted molar refractivity (Wildman–Crippen MR) is 103 cm³/mol. The van der Waals surface area contributed by atoms with Crippen molar-refractivity contribution in [3.8, 4) is 0 Å². The first kappa shape index (κ1) is 20.9. The van der Waals surface area contributed by atoms with Gasteiger partial charge in [-0.2, -0.15) is 0 Å². The van der Waals surface area contributed by atoms with Gasteiger partial charge >= 0.3 is 0 Å². The molecule has 0 bridgehead atoms. The number of carbonyl (C=O) groups is 1. The van der Waals surface area contributed by atoms with Crippen LogP contribution in [0.25, 0.3) is 0 Å². The van der Waals surface area contributed by atoms with Gasteiger partial charge in [0.1, 0.15) is 0 Å². The molecule has 4 nitrogen and oxygen atoms in total. The van der Waals surface area contributed by atoms with Gasteiger partial charge in [0.15, 0.2) is 0 Å². The summed E-state index contributed by atoms with van der Waals surface area (Å²) < 4.78 is 0. The molecule has 24 heavy (non-hydrogen) atoms. The van der Waals surface area contributed by atoms with Gasteiger partial charge in [0, 0.05) is 25.7 Å². The standard InChI is InChI=1S/C19H31N3O.ClH/c1-4-11-22(13-17-9-7-16(2)8-10-17)19(23)15-21-12-5-6-18(14-21)20-3;/h7-10,18,20H,4-6,11-15H2,1-3H3;1H. The van der Waals surface area contributed by atoms with Gasteiger partial charge in [-0.15, -0.1) is 12.4 Å². The van der Waals surface area contributed by atoms with E-state index in [0.717, 1.165) is 32.6 Å². The summed E-state index contributed by atoms with van der Waals surface area (Å²) in [5.74, 6) is 0.254. The summed E-state index contributed by atoms with van der Waals surface area (Å²) in [7, 11) is 2.01. The van der Waals surface area contributed by atoms with Gasteiger partial charge < -0.3 is 10.2 Å². The first-order valence-corrected chi connectivity index (χ1v) is 8.85. The van der Waals surface area contributed by atoms with Crippen LogP contribution in [0.3, 0.4) is 0 Å². The van der Waals surface area contributed by atoms with E-state index in [9.17, 15) is 4.79 Å². The van der Waals surface area contributed by atoms with Crippen LogP contribution in [0, 0.1) is 6.92 Å². The molecule has 0 saturated carbocycles. The summed E-state index contributed by atoms with van der Waals surface area (Å²) in [6, 6.07) is 9.01. The SMILES string of the molecule is CCCN(Cc1ccc(C)cc1)C(=O)CN1CCCC(NC)C1.Cl. The zero-order valence-corrected chi connectivity index (χ0v) is 16.1. The molecule has 1 aliphatic rings. The molecule has 1 N–H and O–H groups in total. The summed E-state index contributed by atoms with van der Waals surface area (Å²) in [4.78, 5) is 17.0. The number of rotatable bonds is 7. The third kappa shape index (κ3) is 6.42. The molecule has 136 valence electrons. The van der Waals surface area contributed by atoms with E-state index in [1.165, 1.54) is 24.0 Å². The van der Waals surface area contributed by atoms with Crippen molar-refractivity contribution in [2.24, 2.45) is 0 Å². The van der Waals surface area contributed by atoms with Crippen LogP contribution in [-0.2, 0) is 11.3 Å². The minimum atomic E-state index is 0. The van der Waals surface area contributed by atoms with Crippen LogP contribution in [-0.4, -0.2) is 55.0 Å². The molecule has 1 aromatic rings. The molecule has 0 aromatic heterocycles. The number of carbonyl (C=O) groups excluding carboxylic acids is 1. The number of hydrogen-bond donors (Lipinski definition) is 1. The van der Waals surface area contributed by atoms with Gasteiger partial charge in [-0.25, -0.2) is 0 Å². The lowest BCUT2D eigenvalue weighted by Crippen LogP contribution is -2.48. The maximum absolute atomic E-state index is 12.7. The summed E-state index contributed by atoms with van der Waals surface area (Å²) in [5.41, 5.74) is 2.47. The van der Waals surface area contributed by atoms with Gasteiger partial charge in [-0.1, -0.05) is 36.8 Å². The Labute approximate surface area is 153 Å². The van der Waals surface area contributed by atoms with Crippen LogP contribution in [0.2, 0.25) is 0 Å². The van der Waals surface area contributed by atoms with E-state index < -0.39 is 0 Å². The highest BCUT2D eigenvalue weighted by atomic mass is 35.5. The number of aryl methyl sites for hydroxylation is 1. The fourth-order valence-electron chi connectivity index (χ4n) is 3.20. The first-order valence-electron chi connectivity index (χ1n) is 8.85. The number of amides is 1. The van der Waals surface area contributed by atoms with Crippen molar-refractivity contribution in [2.75, 3.05) is 33.2 Å². The van der Waals surface area contributed by atoms with E-state index in [1.807, 2.05) is 11.9 Å². The van der Waals surface area contributed by atoms with Gasteiger partial charge in [-0.05, 0) is 45.3 Å². The van der Waals surface area contributed by atoms with E-state index in [0.29, 0.717) is 12.6 Å². The Hall–Kier alpha value is -1.10. The number of hydrogen-bond acceptors (Lipinski definition) is 3. The van der Waals surface area contributed by atoms with E-state index in [2.05, 4.69) is 48.3 Å². The summed E-state index contributed by atoms with van der Waals surface area (Å²) in [5, 5.41) is 3.34. The number of likely N-dealkylation sites (N-methyl/N-ethyl adjacent to an activating group) is 1. The van der Waals surface area contributed by atoms with Gasteiger partial charge in [0.2, 0.25) is 5.91 Å². The Morgan fingerprint density at radius 2 is 2.04 bits per heavy atom. The lowest BCUT2D eigenvalue weighted by molar-refractivity contribution is -0.133. The summed E-state index contributed by atoms with van der Waals surface area (Å²) >= 11 is 0. The maximum atomic E-state index is 12.7. The highest BCUT2D eigenvalue weighted by molar-refractivity contribution is 5.85. The average Bonchev–Trinajstić information content (AvgIpc) is 2.56. The lowest BCUT2D eigenvalue weighted by atomic mass is 10.1. The quantitative estimate of drug-likeness (QED) is 0.818. The second-order valence-corrected chi connectivity index (χ2v) is 6.66. The van der Waals surface area contributed by atoms with Crippen LogP contribution in [0.1, 0.15) is 37.3 Å².